The Hall–Kier alpha value is -1.40. The Morgan fingerprint density at radius 3 is 1.77 bits per heavy atom. The van der Waals surface area contributed by atoms with E-state index < -0.39 is 35.6 Å². The fraction of sp³-hybridized carbons (Fsp3) is 0.800. The van der Waals surface area contributed by atoms with E-state index in [2.05, 4.69) is 13.5 Å². The highest BCUT2D eigenvalue weighted by atomic mass is 16.4. The van der Waals surface area contributed by atoms with Crippen LogP contribution in [0.15, 0.2) is 12.2 Å². The van der Waals surface area contributed by atoms with E-state index in [1.54, 1.807) is 0 Å². The average molecular weight is 373 g/mol. The summed E-state index contributed by atoms with van der Waals surface area (Å²) in [6, 6.07) is 0. The topological polar surface area (TPSA) is 115 Å². The Labute approximate surface area is 156 Å². The van der Waals surface area contributed by atoms with Crippen LogP contribution in [0.3, 0.4) is 0 Å². The lowest BCUT2D eigenvalue weighted by Gasteiger charge is -2.31. The molecule has 4 N–H and O–H groups in total. The summed E-state index contributed by atoms with van der Waals surface area (Å²) in [7, 11) is 0. The summed E-state index contributed by atoms with van der Waals surface area (Å²) in [5, 5.41) is 37.5. The molecule has 0 saturated carbocycles. The van der Waals surface area contributed by atoms with Crippen LogP contribution in [0.2, 0.25) is 0 Å². The fourth-order valence-electron chi connectivity index (χ4n) is 3.29. The van der Waals surface area contributed by atoms with Crippen molar-refractivity contribution in [3.63, 3.8) is 0 Å². The number of carboxylic acids is 2. The van der Waals surface area contributed by atoms with Gasteiger partial charge in [-0.3, -0.25) is 4.79 Å². The van der Waals surface area contributed by atoms with Crippen molar-refractivity contribution in [3.8, 4) is 0 Å². The van der Waals surface area contributed by atoms with Gasteiger partial charge in [0.1, 0.15) is 5.41 Å². The van der Waals surface area contributed by atoms with Crippen LogP contribution >= 0.6 is 0 Å². The molecule has 0 fully saturated rings. The van der Waals surface area contributed by atoms with Gasteiger partial charge in [0.25, 0.3) is 0 Å². The minimum atomic E-state index is -1.74. The van der Waals surface area contributed by atoms with Gasteiger partial charge in [0.2, 0.25) is 0 Å². The number of hydrogen-bond donors (Lipinski definition) is 4. The molecule has 6 heteroatoms. The maximum atomic E-state index is 11.8. The second-order valence-corrected chi connectivity index (χ2v) is 7.14. The van der Waals surface area contributed by atoms with Gasteiger partial charge in [0, 0.05) is 5.57 Å². The maximum absolute atomic E-state index is 11.8. The predicted molar refractivity (Wildman–Crippen MR) is 101 cm³/mol. The monoisotopic (exact) mass is 372 g/mol. The Bertz CT molecular complexity index is 434. The number of aliphatic carboxylic acids is 2. The SMILES string of the molecule is C=C(C(=O)O)C(CCCCCCCCCCCC)(CC(O)CO)C(=O)O. The molecule has 2 atom stereocenters. The van der Waals surface area contributed by atoms with Crippen molar-refractivity contribution in [2.75, 3.05) is 6.61 Å². The molecule has 152 valence electrons. The Morgan fingerprint density at radius 1 is 0.923 bits per heavy atom. The Morgan fingerprint density at radius 2 is 1.38 bits per heavy atom. The quantitative estimate of drug-likeness (QED) is 0.228. The van der Waals surface area contributed by atoms with Gasteiger partial charge in [0.05, 0.1) is 12.7 Å². The number of unbranched alkanes of at least 4 members (excludes halogenated alkanes) is 9. The molecule has 0 heterocycles. The van der Waals surface area contributed by atoms with Gasteiger partial charge < -0.3 is 20.4 Å². The number of carboxylic acid groups (broad SMARTS) is 2. The molecule has 0 aliphatic heterocycles. The molecule has 0 saturated heterocycles. The van der Waals surface area contributed by atoms with Gasteiger partial charge >= 0.3 is 11.9 Å². The van der Waals surface area contributed by atoms with E-state index in [9.17, 15) is 24.9 Å². The Kier molecular flexibility index (Phi) is 13.0. The number of hydrogen-bond acceptors (Lipinski definition) is 4. The normalized spacial score (nSPS) is 14.6. The summed E-state index contributed by atoms with van der Waals surface area (Å²) < 4.78 is 0. The lowest BCUT2D eigenvalue weighted by molar-refractivity contribution is -0.152. The summed E-state index contributed by atoms with van der Waals surface area (Å²) in [4.78, 5) is 23.1. The highest BCUT2D eigenvalue weighted by Gasteiger charge is 2.45. The summed E-state index contributed by atoms with van der Waals surface area (Å²) in [6.07, 6.45) is 9.33. The van der Waals surface area contributed by atoms with Crippen molar-refractivity contribution < 1.29 is 30.0 Å². The van der Waals surface area contributed by atoms with E-state index in [-0.39, 0.29) is 12.8 Å². The van der Waals surface area contributed by atoms with Crippen LogP contribution in [0, 0.1) is 5.41 Å². The molecule has 0 amide bonds. The van der Waals surface area contributed by atoms with Crippen molar-refractivity contribution in [3.05, 3.63) is 12.2 Å². The van der Waals surface area contributed by atoms with Crippen molar-refractivity contribution in [1.82, 2.24) is 0 Å². The van der Waals surface area contributed by atoms with Crippen LogP contribution in [0.4, 0.5) is 0 Å². The minimum Gasteiger partial charge on any atom is -0.481 e. The molecule has 2 unspecified atom stereocenters. The second-order valence-electron chi connectivity index (χ2n) is 7.14. The third-order valence-electron chi connectivity index (χ3n) is 5.00. The van der Waals surface area contributed by atoms with Gasteiger partial charge in [-0.15, -0.1) is 0 Å². The molecule has 0 bridgehead atoms. The average Bonchev–Trinajstić information content (AvgIpc) is 2.60. The number of aliphatic hydroxyl groups excluding tert-OH is 2. The molecule has 26 heavy (non-hydrogen) atoms. The van der Waals surface area contributed by atoms with E-state index in [1.165, 1.54) is 38.5 Å². The molecule has 0 rings (SSSR count). The number of carbonyl (C=O) groups is 2. The first kappa shape index (κ1) is 24.6. The summed E-state index contributed by atoms with van der Waals surface area (Å²) in [5.74, 6) is -2.70. The first-order valence-corrected chi connectivity index (χ1v) is 9.76. The maximum Gasteiger partial charge on any atom is 0.332 e. The van der Waals surface area contributed by atoms with Crippen LogP contribution in [0.1, 0.15) is 84.0 Å². The van der Waals surface area contributed by atoms with Crippen molar-refractivity contribution in [1.29, 1.82) is 0 Å². The van der Waals surface area contributed by atoms with Gasteiger partial charge in [-0.2, -0.15) is 0 Å². The van der Waals surface area contributed by atoms with E-state index in [0.717, 1.165) is 19.3 Å². The van der Waals surface area contributed by atoms with Crippen molar-refractivity contribution >= 4 is 11.9 Å². The first-order valence-electron chi connectivity index (χ1n) is 9.76. The molecular weight excluding hydrogens is 336 g/mol. The van der Waals surface area contributed by atoms with E-state index in [1.807, 2.05) is 0 Å². The van der Waals surface area contributed by atoms with Gasteiger partial charge in [-0.1, -0.05) is 77.7 Å². The van der Waals surface area contributed by atoms with Crippen LogP contribution in [-0.4, -0.2) is 45.1 Å². The molecule has 6 nitrogen and oxygen atoms in total. The smallest absolute Gasteiger partial charge is 0.332 e. The lowest BCUT2D eigenvalue weighted by Crippen LogP contribution is -2.40. The van der Waals surface area contributed by atoms with Gasteiger partial charge in [-0.25, -0.2) is 4.79 Å². The standard InChI is InChI=1S/C20H36O6/c1-3-4-5-6-7-8-9-10-11-12-13-20(19(25)26,14-17(22)15-21)16(2)18(23)24/h17,21-22H,2-15H2,1H3,(H,23,24)(H,25,26). The van der Waals surface area contributed by atoms with Crippen LogP contribution in [-0.2, 0) is 9.59 Å². The molecule has 0 aromatic heterocycles. The predicted octanol–water partition coefficient (Wildman–Crippen LogP) is 3.75. The molecule has 0 radical (unpaired) electrons. The first-order chi connectivity index (χ1) is 12.3. The summed E-state index contributed by atoms with van der Waals surface area (Å²) in [5.41, 5.74) is -2.18. The minimum absolute atomic E-state index is 0.0982. The van der Waals surface area contributed by atoms with Crippen molar-refractivity contribution in [2.24, 2.45) is 5.41 Å². The summed E-state index contributed by atoms with van der Waals surface area (Å²) in [6.45, 7) is 5.01. The Balaban J connectivity index is 4.45. The van der Waals surface area contributed by atoms with Crippen LogP contribution in [0.5, 0.6) is 0 Å². The third-order valence-corrected chi connectivity index (χ3v) is 5.00. The zero-order valence-corrected chi connectivity index (χ0v) is 16.1. The van der Waals surface area contributed by atoms with Crippen molar-refractivity contribution in [2.45, 2.75) is 90.1 Å². The highest BCUT2D eigenvalue weighted by Crippen LogP contribution is 2.38. The molecule has 0 spiro atoms. The second kappa shape index (κ2) is 13.8. The molecular formula is C20H36O6. The van der Waals surface area contributed by atoms with Gasteiger partial charge in [0.15, 0.2) is 0 Å². The molecule has 0 aliphatic carbocycles. The lowest BCUT2D eigenvalue weighted by atomic mass is 9.72. The van der Waals surface area contributed by atoms with Crippen LogP contribution in [0.25, 0.3) is 0 Å². The van der Waals surface area contributed by atoms with E-state index in [4.69, 9.17) is 5.11 Å². The molecule has 0 aliphatic rings. The van der Waals surface area contributed by atoms with Crippen LogP contribution < -0.4 is 0 Å². The largest absolute Gasteiger partial charge is 0.481 e. The van der Waals surface area contributed by atoms with E-state index in [0.29, 0.717) is 6.42 Å². The number of aliphatic hydroxyl groups is 2. The summed E-state index contributed by atoms with van der Waals surface area (Å²) >= 11 is 0. The zero-order chi connectivity index (χ0) is 20.0. The molecule has 0 aromatic rings. The van der Waals surface area contributed by atoms with Gasteiger partial charge in [-0.05, 0) is 12.8 Å². The highest BCUT2D eigenvalue weighted by molar-refractivity contribution is 5.96. The molecule has 0 aromatic carbocycles. The zero-order valence-electron chi connectivity index (χ0n) is 16.1. The third kappa shape index (κ3) is 8.81. The fourth-order valence-corrected chi connectivity index (χ4v) is 3.29. The number of rotatable bonds is 17. The van der Waals surface area contributed by atoms with E-state index >= 15 is 0 Å².